The summed E-state index contributed by atoms with van der Waals surface area (Å²) in [6.45, 7) is 6.79. The van der Waals surface area contributed by atoms with Gasteiger partial charge in [-0.1, -0.05) is 24.2 Å². The lowest BCUT2D eigenvalue weighted by Crippen LogP contribution is -2.56. The Morgan fingerprint density at radius 1 is 1.27 bits per heavy atom. The Hall–Kier alpha value is -3.63. The van der Waals surface area contributed by atoms with Gasteiger partial charge in [0.25, 0.3) is 5.91 Å². The Bertz CT molecular complexity index is 1510. The maximum Gasteiger partial charge on any atom is 0.418 e. The third kappa shape index (κ3) is 6.97. The van der Waals surface area contributed by atoms with E-state index in [0.717, 1.165) is 31.0 Å². The van der Waals surface area contributed by atoms with E-state index < -0.39 is 35.6 Å². The van der Waals surface area contributed by atoms with Crippen LogP contribution in [0.1, 0.15) is 43.0 Å². The van der Waals surface area contributed by atoms with Crippen molar-refractivity contribution in [2.24, 2.45) is 5.41 Å². The zero-order valence-electron chi connectivity index (χ0n) is 25.5. The number of aromatic nitrogens is 2. The number of halogens is 5. The highest BCUT2D eigenvalue weighted by atomic mass is 35.5. The van der Waals surface area contributed by atoms with Crippen LogP contribution in [0, 0.1) is 16.7 Å². The van der Waals surface area contributed by atoms with Gasteiger partial charge in [-0.15, -0.1) is 0 Å². The molecule has 2 aliphatic heterocycles. The van der Waals surface area contributed by atoms with Gasteiger partial charge in [-0.2, -0.15) is 28.4 Å². The molecule has 1 saturated heterocycles. The van der Waals surface area contributed by atoms with Crippen LogP contribution in [0.4, 0.5) is 29.1 Å². The predicted octanol–water partition coefficient (Wildman–Crippen LogP) is 5.23. The van der Waals surface area contributed by atoms with E-state index in [9.17, 15) is 27.6 Å². The lowest BCUT2D eigenvalue weighted by atomic mass is 9.96. The molecule has 242 valence electrons. The van der Waals surface area contributed by atoms with E-state index in [1.165, 1.54) is 17.0 Å². The summed E-state index contributed by atoms with van der Waals surface area (Å²) in [5.41, 5.74) is 0.284. The maximum absolute atomic E-state index is 14.1. The van der Waals surface area contributed by atoms with Crippen molar-refractivity contribution in [3.63, 3.8) is 0 Å². The molecule has 0 radical (unpaired) electrons. The monoisotopic (exact) mass is 649 g/mol. The van der Waals surface area contributed by atoms with Crippen LogP contribution in [0.3, 0.4) is 0 Å². The Morgan fingerprint density at radius 3 is 2.62 bits per heavy atom. The summed E-state index contributed by atoms with van der Waals surface area (Å²) < 4.78 is 62.3. The number of nitrogens with zero attached hydrogens (tertiary/aromatic N) is 7. The van der Waals surface area contributed by atoms with Crippen molar-refractivity contribution in [1.29, 1.82) is 5.26 Å². The van der Waals surface area contributed by atoms with Crippen LogP contribution >= 0.6 is 11.6 Å². The van der Waals surface area contributed by atoms with Gasteiger partial charge in [-0.05, 0) is 52.4 Å². The average Bonchev–Trinajstić information content (AvgIpc) is 3.73. The molecule has 1 aliphatic carbocycles. The molecule has 3 heterocycles. The first-order valence-corrected chi connectivity index (χ1v) is 15.2. The number of carbonyl (C=O) groups is 1. The molecule has 1 aromatic carbocycles. The van der Waals surface area contributed by atoms with E-state index in [2.05, 4.69) is 17.5 Å². The van der Waals surface area contributed by atoms with Gasteiger partial charge in [0.05, 0.1) is 53.7 Å². The van der Waals surface area contributed by atoms with Crippen molar-refractivity contribution in [3.8, 4) is 12.1 Å². The highest BCUT2D eigenvalue weighted by Crippen LogP contribution is 2.47. The number of hydrogen-bond acceptors (Lipinski definition) is 8. The maximum atomic E-state index is 14.1. The fourth-order valence-electron chi connectivity index (χ4n) is 6.38. The number of fused-ring (bicyclic) bond motifs is 1. The van der Waals surface area contributed by atoms with E-state index in [-0.39, 0.29) is 54.7 Å². The molecule has 1 aromatic heterocycles. The number of rotatable bonds is 9. The van der Waals surface area contributed by atoms with Gasteiger partial charge in [-0.3, -0.25) is 4.79 Å². The van der Waals surface area contributed by atoms with E-state index in [0.29, 0.717) is 24.5 Å². The zero-order valence-corrected chi connectivity index (χ0v) is 26.3. The summed E-state index contributed by atoms with van der Waals surface area (Å²) >= 11 is 6.40. The minimum Gasteiger partial charge on any atom is -0.463 e. The number of hydrogen-bond donors (Lipinski definition) is 0. The molecule has 1 unspecified atom stereocenters. The second-order valence-electron chi connectivity index (χ2n) is 12.5. The second kappa shape index (κ2) is 12.6. The molecular formula is C31H36ClF4N7O2. The third-order valence-electron chi connectivity index (χ3n) is 8.70. The van der Waals surface area contributed by atoms with Crippen LogP contribution in [0.25, 0.3) is 0 Å². The molecule has 1 amide bonds. The van der Waals surface area contributed by atoms with Crippen molar-refractivity contribution in [3.05, 3.63) is 52.4 Å². The van der Waals surface area contributed by atoms with Crippen molar-refractivity contribution in [2.45, 2.75) is 57.4 Å². The van der Waals surface area contributed by atoms with Crippen LogP contribution in [0.15, 0.2) is 30.6 Å². The van der Waals surface area contributed by atoms with Gasteiger partial charge in [-0.25, -0.2) is 4.39 Å². The van der Waals surface area contributed by atoms with E-state index >= 15 is 0 Å². The number of amides is 1. The van der Waals surface area contributed by atoms with Gasteiger partial charge in [0.15, 0.2) is 5.83 Å². The number of piperazine rings is 1. The van der Waals surface area contributed by atoms with Crippen LogP contribution < -0.4 is 14.5 Å². The van der Waals surface area contributed by atoms with Crippen molar-refractivity contribution < 1.29 is 27.1 Å². The summed E-state index contributed by atoms with van der Waals surface area (Å²) in [5, 5.41) is 9.46. The number of ether oxygens (including phenoxy) is 1. The summed E-state index contributed by atoms with van der Waals surface area (Å²) in [6.07, 6.45) is -2.36. The molecule has 0 N–H and O–H groups in total. The summed E-state index contributed by atoms with van der Waals surface area (Å²) in [6, 6.07) is 4.89. The van der Waals surface area contributed by atoms with E-state index in [4.69, 9.17) is 26.3 Å². The first-order valence-electron chi connectivity index (χ1n) is 14.8. The SMILES string of the molecule is C=C(F)C(=O)N1CCN(c2nc(OCC3(CN(C)C)CC3)nc3c2CC(C)N(c2c(Cl)cccc2C(F)(F)F)C3)C[C@@H]1CC#N. The predicted molar refractivity (Wildman–Crippen MR) is 162 cm³/mol. The molecule has 3 aliphatic rings. The van der Waals surface area contributed by atoms with Crippen molar-refractivity contribution in [1.82, 2.24) is 19.8 Å². The third-order valence-corrected chi connectivity index (χ3v) is 9.00. The average molecular weight is 650 g/mol. The highest BCUT2D eigenvalue weighted by Gasteiger charge is 2.45. The first-order chi connectivity index (χ1) is 21.2. The molecule has 0 bridgehead atoms. The molecule has 1 saturated carbocycles. The molecule has 5 rings (SSSR count). The largest absolute Gasteiger partial charge is 0.463 e. The smallest absolute Gasteiger partial charge is 0.418 e. The Labute approximate surface area is 265 Å². The number of para-hydroxylation sites is 1. The van der Waals surface area contributed by atoms with Gasteiger partial charge < -0.3 is 24.3 Å². The van der Waals surface area contributed by atoms with Gasteiger partial charge in [0.2, 0.25) is 0 Å². The molecule has 2 aromatic rings. The van der Waals surface area contributed by atoms with Crippen molar-refractivity contribution >= 4 is 29.0 Å². The van der Waals surface area contributed by atoms with Gasteiger partial charge in [0, 0.05) is 43.2 Å². The molecule has 45 heavy (non-hydrogen) atoms. The van der Waals surface area contributed by atoms with E-state index in [1.54, 1.807) is 4.90 Å². The Balaban J connectivity index is 1.53. The zero-order chi connectivity index (χ0) is 32.7. The van der Waals surface area contributed by atoms with Crippen LogP contribution in [-0.2, 0) is 23.9 Å². The molecule has 2 fully saturated rings. The normalized spacial score (nSPS) is 20.9. The van der Waals surface area contributed by atoms with Gasteiger partial charge >= 0.3 is 12.2 Å². The van der Waals surface area contributed by atoms with Crippen LogP contribution in [-0.4, -0.2) is 84.6 Å². The van der Waals surface area contributed by atoms with Crippen LogP contribution in [0.5, 0.6) is 6.01 Å². The molecule has 9 nitrogen and oxygen atoms in total. The molecule has 2 atom stereocenters. The fourth-order valence-corrected chi connectivity index (χ4v) is 6.67. The van der Waals surface area contributed by atoms with Gasteiger partial charge in [0.1, 0.15) is 5.82 Å². The number of carbonyl (C=O) groups excluding carboxylic acids is 1. The van der Waals surface area contributed by atoms with Crippen LogP contribution in [0.2, 0.25) is 5.02 Å². The quantitative estimate of drug-likeness (QED) is 0.270. The number of alkyl halides is 3. The number of benzene rings is 1. The molecule has 14 heteroatoms. The van der Waals surface area contributed by atoms with E-state index in [1.807, 2.05) is 25.9 Å². The summed E-state index contributed by atoms with van der Waals surface area (Å²) in [7, 11) is 3.99. The fraction of sp³-hybridized carbons (Fsp3) is 0.548. The molecule has 0 spiro atoms. The summed E-state index contributed by atoms with van der Waals surface area (Å²) in [4.78, 5) is 29.0. The lowest BCUT2D eigenvalue weighted by molar-refractivity contribution is -0.137. The minimum atomic E-state index is -4.62. The Morgan fingerprint density at radius 2 is 2.00 bits per heavy atom. The number of anilines is 2. The summed E-state index contributed by atoms with van der Waals surface area (Å²) in [5.74, 6) is -1.42. The first kappa shape index (κ1) is 32.8. The highest BCUT2D eigenvalue weighted by molar-refractivity contribution is 6.33. The second-order valence-corrected chi connectivity index (χ2v) is 12.9. The lowest BCUT2D eigenvalue weighted by Gasteiger charge is -2.43. The minimum absolute atomic E-state index is 0.0141. The van der Waals surface area contributed by atoms with Crippen molar-refractivity contribution in [2.75, 3.05) is 56.7 Å². The topological polar surface area (TPSA) is 88.8 Å². The number of nitriles is 1. The Kier molecular flexibility index (Phi) is 9.20. The molecular weight excluding hydrogens is 614 g/mol. The standard InChI is InChI=1S/C31H36ClF4N7O2/c1-19-14-22-25(16-43(19)26-23(31(34,35)36)6-5-7-24(26)32)38-29(45-18-30(9-10-30)17-40(3)4)39-27(22)41-12-13-42(28(44)20(2)33)21(15-41)8-11-37/h5-7,19,21H,2,8-10,12-18H2,1,3-4H3/t19?,21-/m0/s1.